The van der Waals surface area contributed by atoms with Crippen LogP contribution < -0.4 is 0 Å². The minimum Gasteiger partial charge on any atom is -0.392 e. The highest BCUT2D eigenvalue weighted by atomic mass is 16.3. The van der Waals surface area contributed by atoms with Crippen LogP contribution in [0.5, 0.6) is 0 Å². The fraction of sp³-hybridized carbons (Fsp3) is 0.471. The third kappa shape index (κ3) is 2.21. The first-order chi connectivity index (χ1) is 9.76. The molecule has 0 bridgehead atoms. The first-order valence-electron chi connectivity index (χ1n) is 7.53. The number of likely N-dealkylation sites (N-methyl/N-ethyl adjacent to an activating group) is 1. The van der Waals surface area contributed by atoms with Gasteiger partial charge in [0, 0.05) is 30.6 Å². The summed E-state index contributed by atoms with van der Waals surface area (Å²) in [6, 6.07) is 6.43. The molecule has 2 aromatic rings. The third-order valence-electron chi connectivity index (χ3n) is 4.41. The van der Waals surface area contributed by atoms with E-state index in [0.29, 0.717) is 0 Å². The fourth-order valence-electron chi connectivity index (χ4n) is 3.10. The third-order valence-corrected chi connectivity index (χ3v) is 4.41. The van der Waals surface area contributed by atoms with Crippen LogP contribution in [0.2, 0.25) is 0 Å². The summed E-state index contributed by atoms with van der Waals surface area (Å²) in [7, 11) is 0. The minimum atomic E-state index is 0.103. The van der Waals surface area contributed by atoms with Crippen molar-refractivity contribution in [3.63, 3.8) is 0 Å². The Bertz CT molecular complexity index is 636. The normalized spacial score (nSPS) is 15.6. The summed E-state index contributed by atoms with van der Waals surface area (Å²) in [5, 5.41) is 11.0. The smallest absolute Gasteiger partial charge is 0.0709 e. The average Bonchev–Trinajstić information content (AvgIpc) is 2.51. The van der Waals surface area contributed by atoms with E-state index in [2.05, 4.69) is 36.9 Å². The van der Waals surface area contributed by atoms with Crippen LogP contribution in [0, 0.1) is 0 Å². The number of hydrogen-bond donors (Lipinski definition) is 1. The van der Waals surface area contributed by atoms with Gasteiger partial charge in [0.05, 0.1) is 12.1 Å². The van der Waals surface area contributed by atoms with Gasteiger partial charge < -0.3 is 5.11 Å². The molecule has 106 valence electrons. The predicted octanol–water partition coefficient (Wildman–Crippen LogP) is 2.67. The molecule has 0 radical (unpaired) electrons. The van der Waals surface area contributed by atoms with Crippen molar-refractivity contribution in [3.8, 4) is 0 Å². The Labute approximate surface area is 120 Å². The van der Waals surface area contributed by atoms with Crippen molar-refractivity contribution in [2.24, 2.45) is 0 Å². The van der Waals surface area contributed by atoms with Crippen LogP contribution in [0.1, 0.15) is 36.2 Å². The van der Waals surface area contributed by atoms with Gasteiger partial charge in [-0.1, -0.05) is 19.9 Å². The van der Waals surface area contributed by atoms with Crippen LogP contribution in [0.4, 0.5) is 0 Å². The number of pyridine rings is 1. The number of aliphatic hydroxyl groups is 1. The molecule has 0 aliphatic carbocycles. The van der Waals surface area contributed by atoms with Gasteiger partial charge in [0.25, 0.3) is 0 Å². The molecule has 0 amide bonds. The summed E-state index contributed by atoms with van der Waals surface area (Å²) in [4.78, 5) is 7.25. The molecule has 1 aliphatic rings. The van der Waals surface area contributed by atoms with E-state index in [9.17, 15) is 5.11 Å². The predicted molar refractivity (Wildman–Crippen MR) is 81.7 cm³/mol. The lowest BCUT2D eigenvalue weighted by molar-refractivity contribution is 0.252. The monoisotopic (exact) mass is 270 g/mol. The molecule has 3 rings (SSSR count). The molecule has 1 N–H and O–H groups in total. The summed E-state index contributed by atoms with van der Waals surface area (Å²) in [5.74, 6) is 0. The molecule has 20 heavy (non-hydrogen) atoms. The van der Waals surface area contributed by atoms with Gasteiger partial charge in [-0.15, -0.1) is 0 Å². The maximum Gasteiger partial charge on any atom is 0.0709 e. The highest BCUT2D eigenvalue weighted by Crippen LogP contribution is 2.28. The largest absolute Gasteiger partial charge is 0.392 e. The van der Waals surface area contributed by atoms with Gasteiger partial charge >= 0.3 is 0 Å². The number of benzene rings is 1. The summed E-state index contributed by atoms with van der Waals surface area (Å²) in [6.45, 7) is 7.49. The quantitative estimate of drug-likeness (QED) is 0.931. The second kappa shape index (κ2) is 5.51. The number of rotatable bonds is 3. The Morgan fingerprint density at radius 3 is 2.85 bits per heavy atom. The van der Waals surface area contributed by atoms with Crippen LogP contribution >= 0.6 is 0 Å². The van der Waals surface area contributed by atoms with Gasteiger partial charge in [-0.25, -0.2) is 0 Å². The topological polar surface area (TPSA) is 36.4 Å². The molecule has 3 heteroatoms. The second-order valence-corrected chi connectivity index (χ2v) is 5.50. The molecule has 0 fully saturated rings. The summed E-state index contributed by atoms with van der Waals surface area (Å²) in [6.07, 6.45) is 2.00. The molecule has 0 saturated carbocycles. The molecule has 3 nitrogen and oxygen atoms in total. The highest BCUT2D eigenvalue weighted by molar-refractivity contribution is 5.84. The summed E-state index contributed by atoms with van der Waals surface area (Å²) < 4.78 is 0. The maximum absolute atomic E-state index is 9.87. The number of aliphatic hydroxyl groups excluding tert-OH is 1. The van der Waals surface area contributed by atoms with Crippen molar-refractivity contribution in [1.82, 2.24) is 9.88 Å². The van der Waals surface area contributed by atoms with Gasteiger partial charge in [0.1, 0.15) is 0 Å². The van der Waals surface area contributed by atoms with E-state index >= 15 is 0 Å². The van der Waals surface area contributed by atoms with Crippen LogP contribution in [-0.4, -0.2) is 28.1 Å². The SMILES string of the molecule is CCc1ccc2nc3c(c(CO)c2c1)CN(CC)CC3. The average molecular weight is 270 g/mol. The molecular formula is C17H22N2O. The Morgan fingerprint density at radius 2 is 2.15 bits per heavy atom. The van der Waals surface area contributed by atoms with E-state index < -0.39 is 0 Å². The zero-order valence-corrected chi connectivity index (χ0v) is 12.3. The molecule has 1 aromatic heterocycles. The van der Waals surface area contributed by atoms with Gasteiger partial charge in [0.2, 0.25) is 0 Å². The summed E-state index contributed by atoms with van der Waals surface area (Å²) >= 11 is 0. The Hall–Kier alpha value is -1.45. The molecule has 0 unspecified atom stereocenters. The van der Waals surface area contributed by atoms with Crippen LogP contribution in [0.3, 0.4) is 0 Å². The zero-order chi connectivity index (χ0) is 14.1. The molecule has 1 aliphatic heterocycles. The zero-order valence-electron chi connectivity index (χ0n) is 12.3. The van der Waals surface area contributed by atoms with Crippen molar-refractivity contribution in [2.45, 2.75) is 39.8 Å². The van der Waals surface area contributed by atoms with E-state index in [-0.39, 0.29) is 6.61 Å². The van der Waals surface area contributed by atoms with Crippen LogP contribution in [-0.2, 0) is 26.0 Å². The minimum absolute atomic E-state index is 0.103. The molecule has 0 atom stereocenters. The number of fused-ring (bicyclic) bond motifs is 2. The van der Waals surface area contributed by atoms with E-state index in [0.717, 1.165) is 48.9 Å². The lowest BCUT2D eigenvalue weighted by Gasteiger charge is -2.29. The van der Waals surface area contributed by atoms with Crippen molar-refractivity contribution < 1.29 is 5.11 Å². The maximum atomic E-state index is 9.87. The number of aryl methyl sites for hydroxylation is 1. The second-order valence-electron chi connectivity index (χ2n) is 5.50. The van der Waals surface area contributed by atoms with E-state index in [1.807, 2.05) is 0 Å². The van der Waals surface area contributed by atoms with E-state index in [1.54, 1.807) is 0 Å². The van der Waals surface area contributed by atoms with Crippen molar-refractivity contribution in [1.29, 1.82) is 0 Å². The van der Waals surface area contributed by atoms with E-state index in [4.69, 9.17) is 4.98 Å². The fourth-order valence-corrected chi connectivity index (χ4v) is 3.10. The van der Waals surface area contributed by atoms with Crippen molar-refractivity contribution in [2.75, 3.05) is 13.1 Å². The lowest BCUT2D eigenvalue weighted by Crippen LogP contribution is -2.31. The van der Waals surface area contributed by atoms with Gasteiger partial charge in [0.15, 0.2) is 0 Å². The van der Waals surface area contributed by atoms with Crippen LogP contribution in [0.15, 0.2) is 18.2 Å². The molecular weight excluding hydrogens is 248 g/mol. The van der Waals surface area contributed by atoms with Crippen molar-refractivity contribution >= 4 is 10.9 Å². The van der Waals surface area contributed by atoms with Crippen LogP contribution in [0.25, 0.3) is 10.9 Å². The number of hydrogen-bond acceptors (Lipinski definition) is 3. The van der Waals surface area contributed by atoms with E-state index in [1.165, 1.54) is 16.8 Å². The summed E-state index contributed by atoms with van der Waals surface area (Å²) in [5.41, 5.74) is 5.84. The van der Waals surface area contributed by atoms with Gasteiger partial charge in [-0.3, -0.25) is 9.88 Å². The highest BCUT2D eigenvalue weighted by Gasteiger charge is 2.21. The molecule has 2 heterocycles. The first kappa shape index (κ1) is 13.5. The molecule has 1 aromatic carbocycles. The number of nitrogens with zero attached hydrogens (tertiary/aromatic N) is 2. The lowest BCUT2D eigenvalue weighted by atomic mass is 9.95. The Kier molecular flexibility index (Phi) is 3.72. The van der Waals surface area contributed by atoms with Crippen molar-refractivity contribution in [3.05, 3.63) is 40.6 Å². The van der Waals surface area contributed by atoms with Gasteiger partial charge in [-0.2, -0.15) is 0 Å². The first-order valence-corrected chi connectivity index (χ1v) is 7.53. The Morgan fingerprint density at radius 1 is 1.30 bits per heavy atom. The van der Waals surface area contributed by atoms with Gasteiger partial charge in [-0.05, 0) is 41.8 Å². The number of aromatic nitrogens is 1. The Balaban J connectivity index is 2.21. The molecule has 0 saturated heterocycles. The molecule has 0 spiro atoms. The standard InChI is InChI=1S/C17H22N2O/c1-3-12-5-6-16-13(9-12)15(11-20)14-10-19(4-2)8-7-17(14)18-16/h5-6,9,20H,3-4,7-8,10-11H2,1-2H3.